The summed E-state index contributed by atoms with van der Waals surface area (Å²) in [5.41, 5.74) is 1.41. The maximum atomic E-state index is 12.6. The molecule has 0 bridgehead atoms. The summed E-state index contributed by atoms with van der Waals surface area (Å²) in [5.74, 6) is -0.0456. The minimum Gasteiger partial charge on any atom is -0.389 e. The van der Waals surface area contributed by atoms with E-state index in [0.717, 1.165) is 36.9 Å². The van der Waals surface area contributed by atoms with E-state index in [0.29, 0.717) is 5.69 Å². The summed E-state index contributed by atoms with van der Waals surface area (Å²) in [5, 5.41) is 15.8. The minimum absolute atomic E-state index is 0.0456. The van der Waals surface area contributed by atoms with Crippen LogP contribution in [0.15, 0.2) is 35.8 Å². The predicted octanol–water partition coefficient (Wildman–Crippen LogP) is 2.35. The van der Waals surface area contributed by atoms with Gasteiger partial charge in [0, 0.05) is 49.0 Å². The Labute approximate surface area is 152 Å². The third kappa shape index (κ3) is 4.18. The molecule has 1 aromatic carbocycles. The molecule has 7 heteroatoms. The number of carbonyl (C=O) groups excluding carboxylic acids is 1. The molecule has 0 spiro atoms. The Kier molecular flexibility index (Phi) is 5.67. The molecule has 1 amide bonds. The number of thiazole rings is 1. The van der Waals surface area contributed by atoms with Crippen LogP contribution >= 0.6 is 11.3 Å². The molecule has 1 saturated heterocycles. The summed E-state index contributed by atoms with van der Waals surface area (Å²) < 4.78 is 0. The van der Waals surface area contributed by atoms with Crippen LogP contribution in [-0.4, -0.2) is 53.1 Å². The fraction of sp³-hybridized carbons (Fsp3) is 0.444. The van der Waals surface area contributed by atoms with Crippen LogP contribution in [0, 0.1) is 0 Å². The van der Waals surface area contributed by atoms with Gasteiger partial charge in [0.15, 0.2) is 5.13 Å². The first kappa shape index (κ1) is 17.8. The molecule has 0 unspecified atom stereocenters. The molecule has 0 saturated carbocycles. The van der Waals surface area contributed by atoms with Crippen LogP contribution in [0.25, 0.3) is 0 Å². The number of piperazine rings is 1. The Morgan fingerprint density at radius 1 is 1.24 bits per heavy atom. The number of anilines is 2. The Balaban J connectivity index is 1.58. The van der Waals surface area contributed by atoms with Crippen molar-refractivity contribution >= 4 is 28.1 Å². The third-order valence-corrected chi connectivity index (χ3v) is 5.43. The predicted molar refractivity (Wildman–Crippen MR) is 101 cm³/mol. The van der Waals surface area contributed by atoms with Gasteiger partial charge in [-0.1, -0.05) is 18.2 Å². The number of aliphatic hydroxyl groups is 1. The number of hydrogen-bond donors (Lipinski definition) is 2. The van der Waals surface area contributed by atoms with Gasteiger partial charge in [0.25, 0.3) is 0 Å². The van der Waals surface area contributed by atoms with Crippen LogP contribution < -0.4 is 10.2 Å². The van der Waals surface area contributed by atoms with Crippen LogP contribution in [0.5, 0.6) is 0 Å². The maximum Gasteiger partial charge on any atom is 0.241 e. The van der Waals surface area contributed by atoms with Gasteiger partial charge in [0.2, 0.25) is 5.91 Å². The molecule has 2 N–H and O–H groups in total. The quantitative estimate of drug-likeness (QED) is 0.857. The van der Waals surface area contributed by atoms with E-state index >= 15 is 0 Å². The van der Waals surface area contributed by atoms with Gasteiger partial charge >= 0.3 is 0 Å². The molecule has 0 radical (unpaired) electrons. The first-order valence-electron chi connectivity index (χ1n) is 8.52. The Morgan fingerprint density at radius 2 is 1.96 bits per heavy atom. The van der Waals surface area contributed by atoms with Gasteiger partial charge in [-0.3, -0.25) is 9.69 Å². The monoisotopic (exact) mass is 360 g/mol. The van der Waals surface area contributed by atoms with Gasteiger partial charge < -0.3 is 15.3 Å². The highest BCUT2D eigenvalue weighted by Gasteiger charge is 2.26. The number of aliphatic hydroxyl groups excluding tert-OH is 1. The van der Waals surface area contributed by atoms with E-state index in [1.807, 2.05) is 42.8 Å². The largest absolute Gasteiger partial charge is 0.389 e. The number of para-hydroxylation sites is 1. The van der Waals surface area contributed by atoms with Crippen molar-refractivity contribution in [2.24, 2.45) is 0 Å². The van der Waals surface area contributed by atoms with E-state index in [9.17, 15) is 9.90 Å². The number of aromatic nitrogens is 1. The fourth-order valence-electron chi connectivity index (χ4n) is 3.05. The van der Waals surface area contributed by atoms with Gasteiger partial charge in [-0.05, 0) is 19.9 Å². The van der Waals surface area contributed by atoms with E-state index in [1.165, 1.54) is 0 Å². The van der Waals surface area contributed by atoms with Crippen molar-refractivity contribution in [3.05, 3.63) is 41.4 Å². The average molecular weight is 360 g/mol. The zero-order valence-electron chi connectivity index (χ0n) is 14.6. The number of hydrogen-bond acceptors (Lipinski definition) is 6. The molecule has 25 heavy (non-hydrogen) atoms. The summed E-state index contributed by atoms with van der Waals surface area (Å²) in [7, 11) is 0. The van der Waals surface area contributed by atoms with E-state index < -0.39 is 6.10 Å². The molecular weight excluding hydrogens is 336 g/mol. The number of nitrogens with one attached hydrogen (secondary N) is 1. The Bertz CT molecular complexity index is 697. The van der Waals surface area contributed by atoms with Crippen LogP contribution in [0.3, 0.4) is 0 Å². The Hall–Kier alpha value is -1.96. The van der Waals surface area contributed by atoms with E-state index in [1.54, 1.807) is 18.3 Å². The highest BCUT2D eigenvalue weighted by molar-refractivity contribution is 7.13. The second kappa shape index (κ2) is 7.95. The topological polar surface area (TPSA) is 68.7 Å². The van der Waals surface area contributed by atoms with Crippen LogP contribution in [0.2, 0.25) is 0 Å². The van der Waals surface area contributed by atoms with Gasteiger partial charge in [0.1, 0.15) is 0 Å². The zero-order chi connectivity index (χ0) is 17.8. The Morgan fingerprint density at radius 3 is 2.60 bits per heavy atom. The summed E-state index contributed by atoms with van der Waals surface area (Å²) in [6.45, 7) is 7.02. The molecule has 0 aliphatic carbocycles. The van der Waals surface area contributed by atoms with Crippen LogP contribution in [0.4, 0.5) is 10.8 Å². The molecule has 2 atom stereocenters. The smallest absolute Gasteiger partial charge is 0.241 e. The number of rotatable bonds is 5. The lowest BCUT2D eigenvalue weighted by Gasteiger charge is -2.37. The summed E-state index contributed by atoms with van der Waals surface area (Å²) in [4.78, 5) is 21.4. The highest BCUT2D eigenvalue weighted by Crippen LogP contribution is 2.23. The van der Waals surface area contributed by atoms with Gasteiger partial charge in [0.05, 0.1) is 12.1 Å². The SMILES string of the molecule is C[C@H](C(=O)Nc1ccccc1[C@@H](C)O)N1CCN(c2nccs2)CC1. The standard InChI is InChI=1S/C18H24N4O2S/c1-13(17(24)20-16-6-4-3-5-15(16)14(2)23)21-8-10-22(11-9-21)18-19-7-12-25-18/h3-7,12-14,23H,8-11H2,1-2H3,(H,20,24)/t13-,14-/m1/s1. The van der Waals surface area contributed by atoms with Crippen LogP contribution in [0.1, 0.15) is 25.5 Å². The van der Waals surface area contributed by atoms with Crippen molar-refractivity contribution in [2.45, 2.75) is 26.0 Å². The normalized spacial score (nSPS) is 18.0. The average Bonchev–Trinajstić information content (AvgIpc) is 3.16. The summed E-state index contributed by atoms with van der Waals surface area (Å²) in [6, 6.07) is 7.16. The summed E-state index contributed by atoms with van der Waals surface area (Å²) in [6.07, 6.45) is 1.20. The van der Waals surface area contributed by atoms with E-state index in [4.69, 9.17) is 0 Å². The van der Waals surface area contributed by atoms with Crippen molar-refractivity contribution in [3.8, 4) is 0 Å². The summed E-state index contributed by atoms with van der Waals surface area (Å²) >= 11 is 1.64. The molecule has 3 rings (SSSR count). The molecular formula is C18H24N4O2S. The molecule has 2 aromatic rings. The molecule has 2 heterocycles. The van der Waals surface area contributed by atoms with E-state index in [-0.39, 0.29) is 11.9 Å². The highest BCUT2D eigenvalue weighted by atomic mass is 32.1. The lowest BCUT2D eigenvalue weighted by atomic mass is 10.1. The number of benzene rings is 1. The van der Waals surface area contributed by atoms with Crippen LogP contribution in [-0.2, 0) is 4.79 Å². The van der Waals surface area contributed by atoms with Crippen molar-refractivity contribution < 1.29 is 9.90 Å². The minimum atomic E-state index is -0.617. The molecule has 1 aliphatic heterocycles. The second-order valence-corrected chi connectivity index (χ2v) is 7.14. The molecule has 134 valence electrons. The first-order chi connectivity index (χ1) is 12.1. The van der Waals surface area contributed by atoms with Crippen molar-refractivity contribution in [2.75, 3.05) is 36.4 Å². The lowest BCUT2D eigenvalue weighted by molar-refractivity contribution is -0.120. The van der Waals surface area contributed by atoms with Crippen molar-refractivity contribution in [1.29, 1.82) is 0 Å². The first-order valence-corrected chi connectivity index (χ1v) is 9.40. The number of amides is 1. The lowest BCUT2D eigenvalue weighted by Crippen LogP contribution is -2.52. The maximum absolute atomic E-state index is 12.6. The van der Waals surface area contributed by atoms with Gasteiger partial charge in [-0.25, -0.2) is 4.98 Å². The van der Waals surface area contributed by atoms with Crippen molar-refractivity contribution in [3.63, 3.8) is 0 Å². The van der Waals surface area contributed by atoms with E-state index in [2.05, 4.69) is 20.1 Å². The molecule has 6 nitrogen and oxygen atoms in total. The molecule has 1 fully saturated rings. The number of nitrogens with zero attached hydrogens (tertiary/aromatic N) is 3. The van der Waals surface area contributed by atoms with Crippen molar-refractivity contribution in [1.82, 2.24) is 9.88 Å². The fourth-order valence-corrected chi connectivity index (χ4v) is 3.75. The second-order valence-electron chi connectivity index (χ2n) is 6.27. The van der Waals surface area contributed by atoms with Gasteiger partial charge in [-0.2, -0.15) is 0 Å². The number of carbonyl (C=O) groups is 1. The molecule has 1 aliphatic rings. The third-order valence-electron chi connectivity index (χ3n) is 4.60. The van der Waals surface area contributed by atoms with Gasteiger partial charge in [-0.15, -0.1) is 11.3 Å². The zero-order valence-corrected chi connectivity index (χ0v) is 15.4. The molecule has 1 aromatic heterocycles.